The summed E-state index contributed by atoms with van der Waals surface area (Å²) in [5.74, 6) is 0.552. The molecule has 1 atom stereocenters. The van der Waals surface area contributed by atoms with Crippen molar-refractivity contribution in [1.82, 2.24) is 9.55 Å². The fourth-order valence-electron chi connectivity index (χ4n) is 2.47. The highest BCUT2D eigenvalue weighted by Crippen LogP contribution is 2.30. The zero-order valence-corrected chi connectivity index (χ0v) is 11.9. The van der Waals surface area contributed by atoms with Crippen LogP contribution in [0.3, 0.4) is 0 Å². The van der Waals surface area contributed by atoms with E-state index in [1.54, 1.807) is 12.5 Å². The van der Waals surface area contributed by atoms with Crippen molar-refractivity contribution in [2.75, 3.05) is 0 Å². The SMILES string of the molecule is Cc1cccc2cc(C(O)c3cncn3C(C)C)oc12. The van der Waals surface area contributed by atoms with E-state index in [2.05, 4.69) is 18.8 Å². The quantitative estimate of drug-likeness (QED) is 0.791. The lowest BCUT2D eigenvalue weighted by Crippen LogP contribution is -2.09. The number of imidazole rings is 1. The van der Waals surface area contributed by atoms with Crippen molar-refractivity contribution in [3.8, 4) is 0 Å². The number of aliphatic hydroxyl groups excluding tert-OH is 1. The van der Waals surface area contributed by atoms with E-state index >= 15 is 0 Å². The topological polar surface area (TPSA) is 51.2 Å². The van der Waals surface area contributed by atoms with Gasteiger partial charge < -0.3 is 14.1 Å². The molecule has 0 radical (unpaired) electrons. The number of hydrogen-bond donors (Lipinski definition) is 1. The van der Waals surface area contributed by atoms with Gasteiger partial charge in [-0.1, -0.05) is 18.2 Å². The Morgan fingerprint density at radius 2 is 2.10 bits per heavy atom. The summed E-state index contributed by atoms with van der Waals surface area (Å²) in [7, 11) is 0. The third-order valence-corrected chi connectivity index (χ3v) is 3.56. The van der Waals surface area contributed by atoms with Crippen LogP contribution in [-0.4, -0.2) is 14.7 Å². The van der Waals surface area contributed by atoms with Gasteiger partial charge >= 0.3 is 0 Å². The van der Waals surface area contributed by atoms with E-state index < -0.39 is 6.10 Å². The lowest BCUT2D eigenvalue weighted by atomic mass is 10.1. The summed E-state index contributed by atoms with van der Waals surface area (Å²) in [4.78, 5) is 4.12. The van der Waals surface area contributed by atoms with Gasteiger partial charge in [-0.05, 0) is 32.4 Å². The first-order valence-corrected chi connectivity index (χ1v) is 6.76. The van der Waals surface area contributed by atoms with Crippen molar-refractivity contribution in [2.45, 2.75) is 32.9 Å². The summed E-state index contributed by atoms with van der Waals surface area (Å²) in [6.45, 7) is 6.11. The number of para-hydroxylation sites is 1. The molecule has 0 saturated heterocycles. The minimum Gasteiger partial charge on any atom is -0.458 e. The van der Waals surface area contributed by atoms with Gasteiger partial charge in [0.2, 0.25) is 0 Å². The van der Waals surface area contributed by atoms with Gasteiger partial charge in [-0.15, -0.1) is 0 Å². The van der Waals surface area contributed by atoms with Crippen molar-refractivity contribution in [2.24, 2.45) is 0 Å². The van der Waals surface area contributed by atoms with Crippen LogP contribution in [0.2, 0.25) is 0 Å². The third-order valence-electron chi connectivity index (χ3n) is 3.56. The number of furan rings is 1. The van der Waals surface area contributed by atoms with Crippen LogP contribution in [0.5, 0.6) is 0 Å². The van der Waals surface area contributed by atoms with Crippen molar-refractivity contribution in [1.29, 1.82) is 0 Å². The predicted octanol–water partition coefficient (Wildman–Crippen LogP) is 3.60. The second kappa shape index (κ2) is 4.80. The number of aliphatic hydroxyl groups is 1. The lowest BCUT2D eigenvalue weighted by molar-refractivity contribution is 0.181. The molecule has 0 fully saturated rings. The Labute approximate surface area is 117 Å². The number of rotatable bonds is 3. The molecule has 1 aromatic carbocycles. The molecule has 0 bridgehead atoms. The maximum Gasteiger partial charge on any atom is 0.153 e. The van der Waals surface area contributed by atoms with Crippen LogP contribution in [-0.2, 0) is 0 Å². The Bertz CT molecular complexity index is 740. The van der Waals surface area contributed by atoms with Gasteiger partial charge in [0.15, 0.2) is 6.10 Å². The van der Waals surface area contributed by atoms with Crippen LogP contribution in [0.4, 0.5) is 0 Å². The smallest absolute Gasteiger partial charge is 0.153 e. The Morgan fingerprint density at radius 1 is 1.30 bits per heavy atom. The van der Waals surface area contributed by atoms with E-state index in [0.717, 1.165) is 22.2 Å². The summed E-state index contributed by atoms with van der Waals surface area (Å²) in [5, 5.41) is 11.6. The van der Waals surface area contributed by atoms with E-state index in [1.165, 1.54) is 0 Å². The molecule has 4 heteroatoms. The minimum absolute atomic E-state index is 0.244. The molecule has 0 aliphatic carbocycles. The summed E-state index contributed by atoms with van der Waals surface area (Å²) >= 11 is 0. The van der Waals surface area contributed by atoms with Crippen LogP contribution in [0.1, 0.15) is 43.0 Å². The van der Waals surface area contributed by atoms with Gasteiger partial charge in [0, 0.05) is 11.4 Å². The molecule has 20 heavy (non-hydrogen) atoms. The fraction of sp³-hybridized carbons (Fsp3) is 0.312. The summed E-state index contributed by atoms with van der Waals surface area (Å²) < 4.78 is 7.78. The van der Waals surface area contributed by atoms with E-state index in [9.17, 15) is 5.11 Å². The van der Waals surface area contributed by atoms with Crippen molar-refractivity contribution < 1.29 is 9.52 Å². The number of hydrogen-bond acceptors (Lipinski definition) is 3. The summed E-state index contributed by atoms with van der Waals surface area (Å²) in [6, 6.07) is 8.11. The Hall–Kier alpha value is -2.07. The molecule has 0 aliphatic rings. The molecule has 1 unspecified atom stereocenters. The van der Waals surface area contributed by atoms with Gasteiger partial charge in [0.05, 0.1) is 18.2 Å². The molecule has 104 valence electrons. The first-order chi connectivity index (χ1) is 9.58. The third kappa shape index (κ3) is 2.02. The van der Waals surface area contributed by atoms with Crippen molar-refractivity contribution in [3.05, 3.63) is 53.8 Å². The van der Waals surface area contributed by atoms with Crippen molar-refractivity contribution >= 4 is 11.0 Å². The zero-order valence-electron chi connectivity index (χ0n) is 11.9. The molecule has 0 aliphatic heterocycles. The molecule has 2 aromatic heterocycles. The standard InChI is InChI=1S/C16H18N2O2/c1-10(2)18-9-17-8-13(18)15(19)14-7-12-6-4-5-11(3)16(12)20-14/h4-10,15,19H,1-3H3. The maximum absolute atomic E-state index is 10.5. The van der Waals surface area contributed by atoms with E-state index in [0.29, 0.717) is 5.76 Å². The van der Waals surface area contributed by atoms with Crippen LogP contribution < -0.4 is 0 Å². The van der Waals surface area contributed by atoms with E-state index in [1.807, 2.05) is 35.8 Å². The van der Waals surface area contributed by atoms with Gasteiger partial charge in [-0.3, -0.25) is 0 Å². The number of fused-ring (bicyclic) bond motifs is 1. The number of aromatic nitrogens is 2. The lowest BCUT2D eigenvalue weighted by Gasteiger charge is -2.14. The van der Waals surface area contributed by atoms with Gasteiger partial charge in [-0.25, -0.2) is 4.98 Å². The first-order valence-electron chi connectivity index (χ1n) is 6.76. The van der Waals surface area contributed by atoms with Crippen LogP contribution in [0, 0.1) is 6.92 Å². The molecule has 3 rings (SSSR count). The molecule has 4 nitrogen and oxygen atoms in total. The second-order valence-electron chi connectivity index (χ2n) is 5.36. The monoisotopic (exact) mass is 270 g/mol. The fourth-order valence-corrected chi connectivity index (χ4v) is 2.47. The molecule has 1 N–H and O–H groups in total. The van der Waals surface area contributed by atoms with Crippen LogP contribution in [0.25, 0.3) is 11.0 Å². The number of nitrogens with zero attached hydrogens (tertiary/aromatic N) is 2. The second-order valence-corrected chi connectivity index (χ2v) is 5.36. The minimum atomic E-state index is -0.799. The first kappa shape index (κ1) is 12.9. The highest BCUT2D eigenvalue weighted by molar-refractivity contribution is 5.81. The van der Waals surface area contributed by atoms with Crippen LogP contribution >= 0.6 is 0 Å². The Kier molecular flexibility index (Phi) is 3.10. The highest BCUT2D eigenvalue weighted by Gasteiger charge is 2.20. The maximum atomic E-state index is 10.5. The largest absolute Gasteiger partial charge is 0.458 e. The highest BCUT2D eigenvalue weighted by atomic mass is 16.4. The molecule has 2 heterocycles. The Morgan fingerprint density at radius 3 is 2.80 bits per heavy atom. The normalized spacial score (nSPS) is 13.2. The predicted molar refractivity (Wildman–Crippen MR) is 77.6 cm³/mol. The van der Waals surface area contributed by atoms with Crippen LogP contribution in [0.15, 0.2) is 41.2 Å². The zero-order chi connectivity index (χ0) is 14.3. The average Bonchev–Trinajstić information content (AvgIpc) is 3.05. The summed E-state index contributed by atoms with van der Waals surface area (Å²) in [6.07, 6.45) is 2.62. The van der Waals surface area contributed by atoms with Crippen molar-refractivity contribution in [3.63, 3.8) is 0 Å². The van der Waals surface area contributed by atoms with Gasteiger partial charge in [0.1, 0.15) is 11.3 Å². The molecule has 3 aromatic rings. The molecular formula is C16H18N2O2. The average molecular weight is 270 g/mol. The molecule has 0 spiro atoms. The van der Waals surface area contributed by atoms with E-state index in [4.69, 9.17) is 4.42 Å². The number of benzene rings is 1. The van der Waals surface area contributed by atoms with E-state index in [-0.39, 0.29) is 6.04 Å². The molecule has 0 amide bonds. The number of aryl methyl sites for hydroxylation is 1. The summed E-state index contributed by atoms with van der Waals surface area (Å²) in [5.41, 5.74) is 2.65. The molecule has 0 saturated carbocycles. The molecular weight excluding hydrogens is 252 g/mol. The van der Waals surface area contributed by atoms with Gasteiger partial charge in [0.25, 0.3) is 0 Å². The van der Waals surface area contributed by atoms with Gasteiger partial charge in [-0.2, -0.15) is 0 Å². The Balaban J connectivity index is 2.06.